The van der Waals surface area contributed by atoms with Gasteiger partial charge in [-0.1, -0.05) is 18.6 Å². The van der Waals surface area contributed by atoms with E-state index < -0.39 is 10.0 Å². The molecule has 2 bridgehead atoms. The number of nitrogens with zero attached hydrogens (tertiary/aromatic N) is 1. The summed E-state index contributed by atoms with van der Waals surface area (Å²) in [7, 11) is -1.88. The molecule has 1 saturated carbocycles. The fourth-order valence-corrected chi connectivity index (χ4v) is 6.02. The quantitative estimate of drug-likeness (QED) is 0.690. The molecule has 29 heavy (non-hydrogen) atoms. The van der Waals surface area contributed by atoms with E-state index in [9.17, 15) is 8.42 Å². The predicted octanol–water partition coefficient (Wildman–Crippen LogP) is 3.49. The number of hydrogen-bond acceptors (Lipinski definition) is 4. The Bertz CT molecular complexity index is 913. The van der Waals surface area contributed by atoms with E-state index in [2.05, 4.69) is 32.8 Å². The molecule has 1 aliphatic heterocycles. The van der Waals surface area contributed by atoms with Gasteiger partial charge in [-0.05, 0) is 67.5 Å². The van der Waals surface area contributed by atoms with E-state index in [1.54, 1.807) is 0 Å². The minimum Gasteiger partial charge on any atom is -0.384 e. The van der Waals surface area contributed by atoms with E-state index in [4.69, 9.17) is 4.74 Å². The Morgan fingerprint density at radius 3 is 2.97 bits per heavy atom. The monoisotopic (exact) mass is 417 g/mol. The molecule has 2 aliphatic rings. The first-order chi connectivity index (χ1) is 14.0. The number of rotatable bonds is 8. The van der Waals surface area contributed by atoms with Crippen LogP contribution in [0.15, 0.2) is 42.6 Å². The van der Waals surface area contributed by atoms with Crippen LogP contribution in [0.1, 0.15) is 43.4 Å². The van der Waals surface area contributed by atoms with E-state index in [0.717, 1.165) is 25.9 Å². The molecule has 0 spiro atoms. The van der Waals surface area contributed by atoms with E-state index in [0.29, 0.717) is 11.7 Å². The molecule has 0 radical (unpaired) electrons. The number of ether oxygens (including phenoxy) is 1. The largest absolute Gasteiger partial charge is 0.384 e. The second-order valence-electron chi connectivity index (χ2n) is 8.44. The Kier molecular flexibility index (Phi) is 5.99. The Hall–Kier alpha value is -1.83. The standard InChI is InChI=1S/C22H31N3O3S/c1-28-13-14-29(26,27)24-19-6-2-5-18(15-19)22-9-3-8-21(16-22)25(12-10-22)17-20-7-4-11-23-20/h2,4-7,11,15,21,23-24H,3,8-10,12-14,16-17H2,1H3. The second kappa shape index (κ2) is 8.50. The van der Waals surface area contributed by atoms with Crippen LogP contribution in [0.3, 0.4) is 0 Å². The fraction of sp³-hybridized carbons (Fsp3) is 0.545. The Balaban J connectivity index is 1.49. The van der Waals surface area contributed by atoms with Gasteiger partial charge in [0.25, 0.3) is 0 Å². The molecule has 158 valence electrons. The number of fused-ring (bicyclic) bond motifs is 2. The number of benzene rings is 1. The van der Waals surface area contributed by atoms with Crippen molar-refractivity contribution in [1.82, 2.24) is 9.88 Å². The summed E-state index contributed by atoms with van der Waals surface area (Å²) < 4.78 is 32.1. The van der Waals surface area contributed by atoms with E-state index in [1.165, 1.54) is 37.6 Å². The maximum atomic E-state index is 12.3. The Labute approximate surface area is 173 Å². The highest BCUT2D eigenvalue weighted by Crippen LogP contribution is 2.47. The molecule has 2 aromatic rings. The van der Waals surface area contributed by atoms with Gasteiger partial charge in [-0.3, -0.25) is 9.62 Å². The molecule has 1 aromatic carbocycles. The number of H-pyrrole nitrogens is 1. The van der Waals surface area contributed by atoms with Crippen molar-refractivity contribution in [2.75, 3.05) is 30.7 Å². The van der Waals surface area contributed by atoms with E-state index in [-0.39, 0.29) is 17.8 Å². The molecule has 1 aromatic heterocycles. The molecule has 4 rings (SSSR count). The SMILES string of the molecule is COCCS(=O)(=O)Nc1cccc(C23CCCC(C2)N(Cc2ccc[nH]2)CC3)c1. The van der Waals surface area contributed by atoms with Crippen molar-refractivity contribution in [3.63, 3.8) is 0 Å². The number of piperidine rings is 1. The summed E-state index contributed by atoms with van der Waals surface area (Å²) in [5.74, 6) is -0.0331. The van der Waals surface area contributed by atoms with Gasteiger partial charge in [0.2, 0.25) is 10.0 Å². The lowest BCUT2D eigenvalue weighted by Gasteiger charge is -2.51. The normalized spacial score (nSPS) is 25.1. The van der Waals surface area contributed by atoms with Gasteiger partial charge in [0.05, 0.1) is 12.4 Å². The lowest BCUT2D eigenvalue weighted by molar-refractivity contribution is 0.0451. The minimum atomic E-state index is -3.39. The predicted molar refractivity (Wildman–Crippen MR) is 115 cm³/mol. The number of sulfonamides is 1. The maximum Gasteiger partial charge on any atom is 0.234 e. The third-order valence-corrected chi connectivity index (χ3v) is 7.80. The molecule has 2 unspecified atom stereocenters. The molecule has 0 amide bonds. The van der Waals surface area contributed by atoms with E-state index >= 15 is 0 Å². The van der Waals surface area contributed by atoms with Crippen molar-refractivity contribution < 1.29 is 13.2 Å². The van der Waals surface area contributed by atoms with Crippen LogP contribution in [0.25, 0.3) is 0 Å². The van der Waals surface area contributed by atoms with Gasteiger partial charge < -0.3 is 9.72 Å². The molecule has 2 fully saturated rings. The number of methoxy groups -OCH3 is 1. The molecule has 2 atom stereocenters. The minimum absolute atomic E-state index is 0.0331. The van der Waals surface area contributed by atoms with Gasteiger partial charge in [0.15, 0.2) is 0 Å². The van der Waals surface area contributed by atoms with Crippen LogP contribution < -0.4 is 4.72 Å². The number of aromatic nitrogens is 1. The summed E-state index contributed by atoms with van der Waals surface area (Å²) >= 11 is 0. The highest BCUT2D eigenvalue weighted by Gasteiger charge is 2.43. The van der Waals surface area contributed by atoms with Gasteiger partial charge in [-0.25, -0.2) is 8.42 Å². The van der Waals surface area contributed by atoms with Crippen molar-refractivity contribution in [2.24, 2.45) is 0 Å². The molecule has 6 nitrogen and oxygen atoms in total. The molecule has 2 N–H and O–H groups in total. The summed E-state index contributed by atoms with van der Waals surface area (Å²) in [5.41, 5.74) is 3.36. The topological polar surface area (TPSA) is 74.4 Å². The zero-order chi connectivity index (χ0) is 20.3. The fourth-order valence-electron chi connectivity index (χ4n) is 5.05. The summed E-state index contributed by atoms with van der Waals surface area (Å²) in [6.45, 7) is 2.25. The van der Waals surface area contributed by atoms with E-state index in [1.807, 2.05) is 24.4 Å². The molecule has 1 saturated heterocycles. The molecule has 7 heteroatoms. The van der Waals surface area contributed by atoms with Crippen molar-refractivity contribution in [1.29, 1.82) is 0 Å². The van der Waals surface area contributed by atoms with Gasteiger partial charge in [0.1, 0.15) is 0 Å². The molecular weight excluding hydrogens is 386 g/mol. The average Bonchev–Trinajstić information content (AvgIpc) is 3.22. The van der Waals surface area contributed by atoms with Gasteiger partial charge in [-0.15, -0.1) is 0 Å². The lowest BCUT2D eigenvalue weighted by Crippen LogP contribution is -2.51. The van der Waals surface area contributed by atoms with Crippen molar-refractivity contribution in [2.45, 2.75) is 50.1 Å². The van der Waals surface area contributed by atoms with Crippen LogP contribution >= 0.6 is 0 Å². The Morgan fingerprint density at radius 1 is 1.28 bits per heavy atom. The van der Waals surface area contributed by atoms with Crippen molar-refractivity contribution in [3.05, 3.63) is 53.9 Å². The zero-order valence-corrected chi connectivity index (χ0v) is 17.9. The van der Waals surface area contributed by atoms with Crippen molar-refractivity contribution >= 4 is 15.7 Å². The highest BCUT2D eigenvalue weighted by atomic mass is 32.2. The maximum absolute atomic E-state index is 12.3. The summed E-state index contributed by atoms with van der Waals surface area (Å²) in [5, 5.41) is 0. The van der Waals surface area contributed by atoms with Gasteiger partial charge in [-0.2, -0.15) is 0 Å². The molecular formula is C22H31N3O3S. The summed E-state index contributed by atoms with van der Waals surface area (Å²) in [6, 6.07) is 12.8. The first-order valence-electron chi connectivity index (χ1n) is 10.5. The smallest absolute Gasteiger partial charge is 0.234 e. The number of anilines is 1. The van der Waals surface area contributed by atoms with Crippen molar-refractivity contribution in [3.8, 4) is 0 Å². The second-order valence-corrected chi connectivity index (χ2v) is 10.3. The number of likely N-dealkylation sites (tertiary alicyclic amines) is 1. The molecule has 1 aliphatic carbocycles. The highest BCUT2D eigenvalue weighted by molar-refractivity contribution is 7.92. The molecule has 2 heterocycles. The third kappa shape index (κ3) is 4.68. The summed E-state index contributed by atoms with van der Waals surface area (Å²) in [4.78, 5) is 5.94. The number of aromatic amines is 1. The third-order valence-electron chi connectivity index (χ3n) is 6.55. The zero-order valence-electron chi connectivity index (χ0n) is 17.1. The van der Waals surface area contributed by atoms with Crippen LogP contribution in [0.4, 0.5) is 5.69 Å². The van der Waals surface area contributed by atoms with Gasteiger partial charge >= 0.3 is 0 Å². The van der Waals surface area contributed by atoms with Crippen LogP contribution in [0, 0.1) is 0 Å². The average molecular weight is 418 g/mol. The lowest BCUT2D eigenvalue weighted by atomic mass is 9.63. The van der Waals surface area contributed by atoms with Crippen LogP contribution in [-0.4, -0.2) is 50.4 Å². The summed E-state index contributed by atoms with van der Waals surface area (Å²) in [6.07, 6.45) is 7.89. The first kappa shape index (κ1) is 20.4. The first-order valence-corrected chi connectivity index (χ1v) is 12.1. The Morgan fingerprint density at radius 2 is 2.17 bits per heavy atom. The van der Waals surface area contributed by atoms with Crippen LogP contribution in [0.5, 0.6) is 0 Å². The van der Waals surface area contributed by atoms with Gasteiger partial charge in [0, 0.05) is 37.3 Å². The van der Waals surface area contributed by atoms with Crippen LogP contribution in [-0.2, 0) is 26.7 Å². The van der Waals surface area contributed by atoms with Crippen LogP contribution in [0.2, 0.25) is 0 Å². The number of hydrogen-bond donors (Lipinski definition) is 2. The number of nitrogens with one attached hydrogen (secondary N) is 2.